The molecule has 11 heteroatoms. The maximum Gasteiger partial charge on any atom is 0.417 e. The fourth-order valence-electron chi connectivity index (χ4n) is 2.91. The number of ketones is 1. The number of carbonyl (C=O) groups is 1. The van der Waals surface area contributed by atoms with Gasteiger partial charge in [-0.05, 0) is 40.3 Å². The Morgan fingerprint density at radius 1 is 1.14 bits per heavy atom. The number of H-pyrrole nitrogens is 1. The van der Waals surface area contributed by atoms with Crippen LogP contribution in [0.5, 0.6) is 0 Å². The van der Waals surface area contributed by atoms with E-state index in [1.165, 1.54) is 0 Å². The minimum Gasteiger partial charge on any atom is -0.351 e. The lowest BCUT2D eigenvalue weighted by Gasteiger charge is -2.07. The first-order valence-corrected chi connectivity index (χ1v) is 8.39. The number of nitrogens with zero attached hydrogens (tertiary/aromatic N) is 5. The van der Waals surface area contributed by atoms with E-state index < -0.39 is 23.7 Å². The molecule has 0 amide bonds. The molecule has 3 heterocycles. The summed E-state index contributed by atoms with van der Waals surface area (Å²) in [6.07, 6.45) is -4.25. The number of alkyl halides is 3. The first-order chi connectivity index (χ1) is 13.3. The fourth-order valence-corrected chi connectivity index (χ4v) is 3.08. The van der Waals surface area contributed by atoms with Crippen molar-refractivity contribution in [3.8, 4) is 0 Å². The molecule has 0 atom stereocenters. The Kier molecular flexibility index (Phi) is 4.42. The molecule has 1 aliphatic heterocycles. The highest BCUT2D eigenvalue weighted by Gasteiger charge is 2.31. The normalized spacial score (nSPS) is 14.3. The Morgan fingerprint density at radius 3 is 2.54 bits per heavy atom. The minimum absolute atomic E-state index is 0.124. The lowest BCUT2D eigenvalue weighted by atomic mass is 10.0. The van der Waals surface area contributed by atoms with Gasteiger partial charge in [-0.15, -0.1) is 10.2 Å². The molecule has 0 fully saturated rings. The van der Waals surface area contributed by atoms with Crippen LogP contribution in [0.3, 0.4) is 0 Å². The second kappa shape index (κ2) is 6.79. The summed E-state index contributed by atoms with van der Waals surface area (Å²) >= 11 is 6.02. The van der Waals surface area contributed by atoms with E-state index in [0.717, 1.165) is 17.5 Å². The standard InChI is InChI=1S/C17H10ClF3N6O/c18-9-2-3-10-11(6-14-24-26-27-25-14)15(23-13(10)5-9)16(28)12-4-1-8(7-22-12)17(19,20)21/h1-5,7,14,23H,6H2. The summed E-state index contributed by atoms with van der Waals surface area (Å²) in [5.41, 5.74) is 0.315. The zero-order valence-corrected chi connectivity index (χ0v) is 14.7. The molecule has 4 rings (SSSR count). The number of rotatable bonds is 4. The molecule has 0 saturated carbocycles. The largest absolute Gasteiger partial charge is 0.417 e. The highest BCUT2D eigenvalue weighted by molar-refractivity contribution is 6.31. The maximum atomic E-state index is 12.9. The van der Waals surface area contributed by atoms with Gasteiger partial charge in [-0.2, -0.15) is 13.2 Å². The highest BCUT2D eigenvalue weighted by atomic mass is 35.5. The molecule has 0 spiro atoms. The second-order valence-electron chi connectivity index (χ2n) is 6.02. The topological polar surface area (TPSA) is 95.2 Å². The van der Waals surface area contributed by atoms with E-state index in [-0.39, 0.29) is 17.8 Å². The van der Waals surface area contributed by atoms with E-state index in [9.17, 15) is 18.0 Å². The Bertz CT molecular complexity index is 1110. The lowest BCUT2D eigenvalue weighted by Crippen LogP contribution is -2.12. The number of aromatic amines is 1. The Balaban J connectivity index is 1.77. The van der Waals surface area contributed by atoms with E-state index in [4.69, 9.17) is 11.6 Å². The lowest BCUT2D eigenvalue weighted by molar-refractivity contribution is -0.137. The first-order valence-electron chi connectivity index (χ1n) is 8.01. The van der Waals surface area contributed by atoms with Crippen LogP contribution in [0.2, 0.25) is 5.02 Å². The van der Waals surface area contributed by atoms with Crippen molar-refractivity contribution in [2.75, 3.05) is 0 Å². The van der Waals surface area contributed by atoms with Crippen LogP contribution in [0, 0.1) is 0 Å². The number of hydrogen-bond acceptors (Lipinski definition) is 6. The van der Waals surface area contributed by atoms with Gasteiger partial charge in [-0.1, -0.05) is 17.7 Å². The zero-order valence-electron chi connectivity index (χ0n) is 13.9. The van der Waals surface area contributed by atoms with E-state index in [1.54, 1.807) is 18.2 Å². The van der Waals surface area contributed by atoms with Crippen LogP contribution < -0.4 is 0 Å². The van der Waals surface area contributed by atoms with Gasteiger partial charge in [0.25, 0.3) is 0 Å². The molecule has 7 nitrogen and oxygen atoms in total. The number of halogens is 4. The van der Waals surface area contributed by atoms with Gasteiger partial charge < -0.3 is 4.98 Å². The molecule has 1 aromatic carbocycles. The Labute approximate surface area is 160 Å². The summed E-state index contributed by atoms with van der Waals surface area (Å²) in [4.78, 5) is 19.6. The summed E-state index contributed by atoms with van der Waals surface area (Å²) in [6.45, 7) is 0. The van der Waals surface area contributed by atoms with Crippen molar-refractivity contribution < 1.29 is 18.0 Å². The number of aromatic nitrogens is 2. The molecular weight excluding hydrogens is 397 g/mol. The minimum atomic E-state index is -4.53. The van der Waals surface area contributed by atoms with E-state index in [0.29, 0.717) is 22.3 Å². The average Bonchev–Trinajstić information content (AvgIpc) is 3.29. The molecule has 0 unspecified atom stereocenters. The molecule has 28 heavy (non-hydrogen) atoms. The van der Waals surface area contributed by atoms with Crippen molar-refractivity contribution in [2.45, 2.75) is 18.8 Å². The van der Waals surface area contributed by atoms with E-state index in [1.807, 2.05) is 0 Å². The zero-order chi connectivity index (χ0) is 19.9. The molecule has 1 aliphatic rings. The van der Waals surface area contributed by atoms with Crippen molar-refractivity contribution in [1.29, 1.82) is 0 Å². The van der Waals surface area contributed by atoms with Crippen molar-refractivity contribution >= 4 is 28.3 Å². The molecule has 142 valence electrons. The number of nitrogens with one attached hydrogen (secondary N) is 1. The average molecular weight is 407 g/mol. The predicted molar refractivity (Wildman–Crippen MR) is 93.2 cm³/mol. The van der Waals surface area contributed by atoms with E-state index >= 15 is 0 Å². The SMILES string of the molecule is O=C(c1ccc(C(F)(F)F)cn1)c1[nH]c2cc(Cl)ccc2c1CC1N=NN=N1. The molecule has 0 aliphatic carbocycles. The van der Waals surface area contributed by atoms with Crippen LogP contribution in [-0.2, 0) is 12.6 Å². The third-order valence-corrected chi connectivity index (χ3v) is 4.45. The second-order valence-corrected chi connectivity index (χ2v) is 6.46. The van der Waals surface area contributed by atoms with Gasteiger partial charge in [0.05, 0.1) is 11.3 Å². The first kappa shape index (κ1) is 18.2. The number of carbonyl (C=O) groups excluding carboxylic acids is 1. The van der Waals surface area contributed by atoms with Crippen molar-refractivity contribution in [3.05, 3.63) is 64.1 Å². The Morgan fingerprint density at radius 2 is 1.89 bits per heavy atom. The fraction of sp³-hybridized carbons (Fsp3) is 0.176. The van der Waals surface area contributed by atoms with Gasteiger partial charge in [0, 0.05) is 28.5 Å². The number of fused-ring (bicyclic) bond motifs is 1. The van der Waals surface area contributed by atoms with Gasteiger partial charge in [0.2, 0.25) is 5.78 Å². The van der Waals surface area contributed by atoms with Crippen molar-refractivity contribution in [1.82, 2.24) is 9.97 Å². The predicted octanol–water partition coefficient (Wildman–Crippen LogP) is 5.17. The van der Waals surface area contributed by atoms with Crippen molar-refractivity contribution in [3.63, 3.8) is 0 Å². The van der Waals surface area contributed by atoms with Gasteiger partial charge in [0.15, 0.2) is 6.17 Å². The van der Waals surface area contributed by atoms with Crippen LogP contribution in [0.15, 0.2) is 57.2 Å². The summed E-state index contributed by atoms with van der Waals surface area (Å²) in [7, 11) is 0. The quantitative estimate of drug-likeness (QED) is 0.605. The van der Waals surface area contributed by atoms with E-state index in [2.05, 4.69) is 30.6 Å². The van der Waals surface area contributed by atoms with Crippen LogP contribution in [0.1, 0.15) is 27.3 Å². The van der Waals surface area contributed by atoms with Gasteiger partial charge >= 0.3 is 6.18 Å². The molecule has 1 N–H and O–H groups in total. The summed E-state index contributed by atoms with van der Waals surface area (Å²) in [5.74, 6) is -0.553. The summed E-state index contributed by atoms with van der Waals surface area (Å²) in [6, 6.07) is 6.92. The monoisotopic (exact) mass is 406 g/mol. The van der Waals surface area contributed by atoms with Crippen LogP contribution >= 0.6 is 11.6 Å². The van der Waals surface area contributed by atoms with Gasteiger partial charge in [-0.3, -0.25) is 9.78 Å². The summed E-state index contributed by atoms with van der Waals surface area (Å²) < 4.78 is 38.2. The van der Waals surface area contributed by atoms with Crippen LogP contribution in [-0.4, -0.2) is 21.9 Å². The molecular formula is C17H10ClF3N6O. The van der Waals surface area contributed by atoms with Crippen molar-refractivity contribution in [2.24, 2.45) is 20.7 Å². The molecule has 0 bridgehead atoms. The molecule has 2 aromatic heterocycles. The number of hydrogen-bond donors (Lipinski definition) is 1. The van der Waals surface area contributed by atoms with Gasteiger partial charge in [-0.25, -0.2) is 0 Å². The smallest absolute Gasteiger partial charge is 0.351 e. The van der Waals surface area contributed by atoms with Crippen LogP contribution in [0.25, 0.3) is 10.9 Å². The highest BCUT2D eigenvalue weighted by Crippen LogP contribution is 2.31. The van der Waals surface area contributed by atoms with Crippen LogP contribution in [0.4, 0.5) is 13.2 Å². The molecule has 0 radical (unpaired) electrons. The Hall–Kier alpha value is -3.14. The molecule has 3 aromatic rings. The third kappa shape index (κ3) is 3.38. The molecule has 0 saturated heterocycles. The number of pyridine rings is 1. The maximum absolute atomic E-state index is 12.9. The summed E-state index contributed by atoms with van der Waals surface area (Å²) in [5, 5.41) is 15.8. The van der Waals surface area contributed by atoms with Gasteiger partial charge in [0.1, 0.15) is 5.69 Å². The number of benzene rings is 1. The third-order valence-electron chi connectivity index (χ3n) is 4.22.